The lowest BCUT2D eigenvalue weighted by Crippen LogP contribution is -2.26. The molecule has 5 rings (SSSR count). The van der Waals surface area contributed by atoms with Crippen LogP contribution < -0.4 is 16.1 Å². The molecule has 2 N–H and O–H groups in total. The molecule has 0 saturated heterocycles. The Balaban J connectivity index is 1.69. The molecule has 1 unspecified atom stereocenters. The second kappa shape index (κ2) is 8.53. The van der Waals surface area contributed by atoms with E-state index >= 15 is 0 Å². The van der Waals surface area contributed by atoms with Gasteiger partial charge in [-0.2, -0.15) is 5.26 Å². The molecule has 0 bridgehead atoms. The minimum atomic E-state index is -0.743. The fourth-order valence-electron chi connectivity index (χ4n) is 4.19. The number of halogens is 2. The number of pyridine rings is 1. The third kappa shape index (κ3) is 3.60. The molecule has 0 spiro atoms. The molecule has 3 heterocycles. The lowest BCUT2D eigenvalue weighted by atomic mass is 9.83. The largest absolute Gasteiger partial charge is 0.439 e. The molecular formula is C26H17Cl2N3O3. The second-order valence-electron chi connectivity index (χ2n) is 7.85. The quantitative estimate of drug-likeness (QED) is 0.282. The second-order valence-corrected chi connectivity index (χ2v) is 8.64. The van der Waals surface area contributed by atoms with Gasteiger partial charge in [0.05, 0.1) is 21.9 Å². The van der Waals surface area contributed by atoms with Crippen LogP contribution in [0.25, 0.3) is 22.1 Å². The van der Waals surface area contributed by atoms with Gasteiger partial charge in [0.25, 0.3) is 0 Å². The highest BCUT2D eigenvalue weighted by Gasteiger charge is 2.35. The summed E-state index contributed by atoms with van der Waals surface area (Å²) in [4.78, 5) is 17.2. The standard InChI is InChI=1S/C26H17Cl2N3O3/c1-2-13-3-8-20-16(9-13)24-23(26(32)33-20)22(17(11-29)25(30)34-24)15-6-4-14(5-7-15)18-12-31-21(28)10-19(18)27/h3-10,12,22H,2,30H2,1H3. The highest BCUT2D eigenvalue weighted by Crippen LogP contribution is 2.44. The molecule has 1 aliphatic heterocycles. The molecule has 34 heavy (non-hydrogen) atoms. The van der Waals surface area contributed by atoms with Crippen LogP contribution in [-0.4, -0.2) is 4.98 Å². The van der Waals surface area contributed by atoms with Crippen LogP contribution >= 0.6 is 23.2 Å². The van der Waals surface area contributed by atoms with Crippen molar-refractivity contribution >= 4 is 34.2 Å². The highest BCUT2D eigenvalue weighted by atomic mass is 35.5. The number of nitrogens with zero attached hydrogens (tertiary/aromatic N) is 2. The average Bonchev–Trinajstić information content (AvgIpc) is 2.83. The van der Waals surface area contributed by atoms with E-state index in [0.29, 0.717) is 38.0 Å². The summed E-state index contributed by atoms with van der Waals surface area (Å²) in [7, 11) is 0. The number of hydrogen-bond acceptors (Lipinski definition) is 6. The van der Waals surface area contributed by atoms with E-state index in [1.165, 1.54) is 0 Å². The molecule has 0 saturated carbocycles. The minimum Gasteiger partial charge on any atom is -0.439 e. The molecule has 4 aromatic rings. The molecule has 8 heteroatoms. The van der Waals surface area contributed by atoms with Gasteiger partial charge in [0.2, 0.25) is 5.88 Å². The Kier molecular flexibility index (Phi) is 5.52. The Hall–Kier alpha value is -3.79. The van der Waals surface area contributed by atoms with Crippen LogP contribution in [0.4, 0.5) is 0 Å². The lowest BCUT2D eigenvalue weighted by molar-refractivity contribution is 0.388. The number of fused-ring (bicyclic) bond motifs is 3. The van der Waals surface area contributed by atoms with Crippen LogP contribution in [0, 0.1) is 11.3 Å². The molecule has 0 amide bonds. The number of rotatable bonds is 3. The lowest BCUT2D eigenvalue weighted by Gasteiger charge is -2.26. The van der Waals surface area contributed by atoms with E-state index in [1.54, 1.807) is 18.3 Å². The number of aromatic nitrogens is 1. The first-order valence-electron chi connectivity index (χ1n) is 10.5. The Morgan fingerprint density at radius 2 is 1.91 bits per heavy atom. The zero-order chi connectivity index (χ0) is 24.0. The summed E-state index contributed by atoms with van der Waals surface area (Å²) in [5.74, 6) is -0.465. The van der Waals surface area contributed by atoms with Crippen molar-refractivity contribution in [3.05, 3.63) is 103 Å². The minimum absolute atomic E-state index is 0.0391. The van der Waals surface area contributed by atoms with Gasteiger partial charge >= 0.3 is 5.63 Å². The van der Waals surface area contributed by atoms with Crippen molar-refractivity contribution in [3.8, 4) is 22.9 Å². The van der Waals surface area contributed by atoms with Crippen molar-refractivity contribution in [2.75, 3.05) is 0 Å². The fraction of sp³-hybridized carbons (Fsp3) is 0.115. The van der Waals surface area contributed by atoms with Crippen LogP contribution in [0.2, 0.25) is 10.2 Å². The van der Waals surface area contributed by atoms with Crippen molar-refractivity contribution in [2.24, 2.45) is 5.73 Å². The van der Waals surface area contributed by atoms with E-state index in [0.717, 1.165) is 17.5 Å². The van der Waals surface area contributed by atoms with Crippen molar-refractivity contribution < 1.29 is 9.15 Å². The summed E-state index contributed by atoms with van der Waals surface area (Å²) in [5.41, 5.74) is 9.61. The van der Waals surface area contributed by atoms with Crippen molar-refractivity contribution in [1.29, 1.82) is 5.26 Å². The Morgan fingerprint density at radius 3 is 2.59 bits per heavy atom. The topological polar surface area (TPSA) is 102 Å². The Bertz CT molecular complexity index is 1580. The number of nitriles is 1. The molecule has 0 fully saturated rings. The van der Waals surface area contributed by atoms with Gasteiger partial charge in [0.15, 0.2) is 5.75 Å². The van der Waals surface area contributed by atoms with E-state index in [1.807, 2.05) is 43.3 Å². The number of nitrogens with two attached hydrogens (primary N) is 1. The third-order valence-corrected chi connectivity index (χ3v) is 6.43. The van der Waals surface area contributed by atoms with Crippen LogP contribution in [0.1, 0.15) is 29.5 Å². The van der Waals surface area contributed by atoms with Gasteiger partial charge in [-0.25, -0.2) is 9.78 Å². The maximum Gasteiger partial charge on any atom is 0.344 e. The summed E-state index contributed by atoms with van der Waals surface area (Å²) in [5, 5.41) is 11.3. The smallest absolute Gasteiger partial charge is 0.344 e. The van der Waals surface area contributed by atoms with E-state index in [-0.39, 0.29) is 17.0 Å². The molecule has 2 aromatic carbocycles. The molecule has 1 aliphatic rings. The van der Waals surface area contributed by atoms with Gasteiger partial charge < -0.3 is 14.9 Å². The Labute approximate surface area is 204 Å². The normalized spacial score (nSPS) is 15.1. The Morgan fingerprint density at radius 1 is 1.15 bits per heavy atom. The zero-order valence-electron chi connectivity index (χ0n) is 17.9. The van der Waals surface area contributed by atoms with Crippen LogP contribution in [0.5, 0.6) is 5.75 Å². The van der Waals surface area contributed by atoms with E-state index in [9.17, 15) is 10.1 Å². The van der Waals surface area contributed by atoms with Gasteiger partial charge in [-0.1, -0.05) is 60.5 Å². The SMILES string of the molecule is CCc1ccc2oc(=O)c3c(c2c1)OC(N)=C(C#N)C3c1ccc(-c2cnc(Cl)cc2Cl)cc1. The number of hydrogen-bond donors (Lipinski definition) is 1. The van der Waals surface area contributed by atoms with Crippen molar-refractivity contribution in [1.82, 2.24) is 4.98 Å². The van der Waals surface area contributed by atoms with Crippen molar-refractivity contribution in [2.45, 2.75) is 19.3 Å². The van der Waals surface area contributed by atoms with E-state index in [2.05, 4.69) is 11.1 Å². The summed E-state index contributed by atoms with van der Waals surface area (Å²) < 4.78 is 11.5. The zero-order valence-corrected chi connectivity index (χ0v) is 19.4. The first-order valence-corrected chi connectivity index (χ1v) is 11.3. The summed E-state index contributed by atoms with van der Waals surface area (Å²) in [6.07, 6.45) is 2.39. The third-order valence-electron chi connectivity index (χ3n) is 5.91. The monoisotopic (exact) mass is 489 g/mol. The number of ether oxygens (including phenoxy) is 1. The molecule has 168 valence electrons. The molecule has 1 atom stereocenters. The first kappa shape index (κ1) is 22.0. The maximum absolute atomic E-state index is 13.1. The van der Waals surface area contributed by atoms with Crippen LogP contribution in [0.3, 0.4) is 0 Å². The van der Waals surface area contributed by atoms with Crippen molar-refractivity contribution in [3.63, 3.8) is 0 Å². The van der Waals surface area contributed by atoms with Gasteiger partial charge in [-0.15, -0.1) is 0 Å². The van der Waals surface area contributed by atoms with Gasteiger partial charge in [0.1, 0.15) is 22.4 Å². The molecule has 0 radical (unpaired) electrons. The van der Waals surface area contributed by atoms with E-state index in [4.69, 9.17) is 38.1 Å². The predicted molar refractivity (Wildman–Crippen MR) is 131 cm³/mol. The highest BCUT2D eigenvalue weighted by molar-refractivity contribution is 6.35. The molecule has 2 aromatic heterocycles. The summed E-state index contributed by atoms with van der Waals surface area (Å²) in [6, 6.07) is 16.5. The molecule has 6 nitrogen and oxygen atoms in total. The van der Waals surface area contributed by atoms with Crippen LogP contribution in [-0.2, 0) is 6.42 Å². The van der Waals surface area contributed by atoms with Gasteiger partial charge in [-0.3, -0.25) is 0 Å². The van der Waals surface area contributed by atoms with E-state index < -0.39 is 11.5 Å². The molecular weight excluding hydrogens is 473 g/mol. The van der Waals surface area contributed by atoms with Crippen LogP contribution in [0.15, 0.2) is 75.4 Å². The summed E-state index contributed by atoms with van der Waals surface area (Å²) >= 11 is 12.2. The number of aryl methyl sites for hydroxylation is 1. The molecule has 0 aliphatic carbocycles. The summed E-state index contributed by atoms with van der Waals surface area (Å²) in [6.45, 7) is 2.03. The maximum atomic E-state index is 13.1. The van der Waals surface area contributed by atoms with Gasteiger partial charge in [-0.05, 0) is 41.3 Å². The number of benzene rings is 2. The average molecular weight is 490 g/mol. The number of allylic oxidation sites excluding steroid dienone is 1. The first-order chi connectivity index (χ1) is 16.4. The fourth-order valence-corrected chi connectivity index (χ4v) is 4.67. The predicted octanol–water partition coefficient (Wildman–Crippen LogP) is 5.94. The van der Waals surface area contributed by atoms with Gasteiger partial charge in [0, 0.05) is 11.8 Å².